The summed E-state index contributed by atoms with van der Waals surface area (Å²) in [5.74, 6) is 0.826. The molecule has 0 saturated carbocycles. The number of carbonyl (C=O) groups is 1. The molecule has 0 atom stereocenters. The van der Waals surface area contributed by atoms with Gasteiger partial charge in [-0.3, -0.25) is 20.5 Å². The maximum Gasteiger partial charge on any atom is 0.222 e. The molecule has 194 valence electrons. The quantitative estimate of drug-likeness (QED) is 0.277. The summed E-state index contributed by atoms with van der Waals surface area (Å²) in [4.78, 5) is 27.8. The fourth-order valence-electron chi connectivity index (χ4n) is 4.75. The molecule has 1 saturated heterocycles. The summed E-state index contributed by atoms with van der Waals surface area (Å²) in [7, 11) is 0. The number of nitrogens with one attached hydrogen (secondary N) is 2. The molecule has 37 heavy (non-hydrogen) atoms. The molecule has 2 N–H and O–H groups in total. The molecule has 11 heteroatoms. The van der Waals surface area contributed by atoms with Gasteiger partial charge < -0.3 is 4.90 Å². The molecule has 3 aromatic rings. The number of benzene rings is 1. The molecule has 0 radical (unpaired) electrons. The fraction of sp³-hybridized carbons (Fsp3) is 0.423. The largest absolute Gasteiger partial charge is 0.340 e. The lowest BCUT2D eigenvalue weighted by Gasteiger charge is -2.35. The highest BCUT2D eigenvalue weighted by Gasteiger charge is 2.22. The van der Waals surface area contributed by atoms with Crippen molar-refractivity contribution in [3.63, 3.8) is 0 Å². The third-order valence-electron chi connectivity index (χ3n) is 6.76. The van der Waals surface area contributed by atoms with Gasteiger partial charge in [0.1, 0.15) is 17.9 Å². The van der Waals surface area contributed by atoms with E-state index >= 15 is 0 Å². The first-order valence-electron chi connectivity index (χ1n) is 12.4. The minimum Gasteiger partial charge on any atom is -0.340 e. The zero-order valence-corrected chi connectivity index (χ0v) is 21.6. The SMILES string of the molecule is CC(=N)n1nc(-n2nc(C)c(CCC(=O)N3CCN(Cc4cccc(CN=O)c4)CC3)c2C)ccc1=N. The zero-order chi connectivity index (χ0) is 26.5. The van der Waals surface area contributed by atoms with Crippen molar-refractivity contribution in [2.45, 2.75) is 46.7 Å². The van der Waals surface area contributed by atoms with E-state index in [9.17, 15) is 9.70 Å². The van der Waals surface area contributed by atoms with E-state index in [4.69, 9.17) is 10.8 Å². The van der Waals surface area contributed by atoms with Crippen LogP contribution in [0.25, 0.3) is 5.82 Å². The first kappa shape index (κ1) is 26.1. The number of nitrogens with zero attached hydrogens (tertiary/aromatic N) is 7. The van der Waals surface area contributed by atoms with E-state index in [-0.39, 0.29) is 23.8 Å². The summed E-state index contributed by atoms with van der Waals surface area (Å²) in [6.45, 7) is 9.44. The van der Waals surface area contributed by atoms with Gasteiger partial charge in [0.15, 0.2) is 5.82 Å². The van der Waals surface area contributed by atoms with E-state index in [1.54, 1.807) is 23.7 Å². The summed E-state index contributed by atoms with van der Waals surface area (Å²) in [5, 5.41) is 27.7. The first-order chi connectivity index (χ1) is 17.8. The van der Waals surface area contributed by atoms with Crippen LogP contribution in [0.5, 0.6) is 0 Å². The summed E-state index contributed by atoms with van der Waals surface area (Å²) >= 11 is 0. The van der Waals surface area contributed by atoms with Crippen LogP contribution in [0.4, 0.5) is 0 Å². The molecule has 0 spiro atoms. The topological polar surface area (TPSA) is 136 Å². The second-order valence-electron chi connectivity index (χ2n) is 9.40. The number of nitroso groups, excluding NO2 is 1. The van der Waals surface area contributed by atoms with Crippen molar-refractivity contribution in [3.05, 3.63) is 74.9 Å². The Balaban J connectivity index is 1.34. The van der Waals surface area contributed by atoms with Gasteiger partial charge >= 0.3 is 0 Å². The third-order valence-corrected chi connectivity index (χ3v) is 6.76. The van der Waals surface area contributed by atoms with Crippen molar-refractivity contribution in [2.24, 2.45) is 5.18 Å². The highest BCUT2D eigenvalue weighted by atomic mass is 16.3. The molecular formula is C26H33N9O2. The highest BCUT2D eigenvalue weighted by Crippen LogP contribution is 2.19. The average Bonchev–Trinajstić information content (AvgIpc) is 3.16. The van der Waals surface area contributed by atoms with E-state index in [0.717, 1.165) is 47.7 Å². The van der Waals surface area contributed by atoms with Crippen molar-refractivity contribution in [1.82, 2.24) is 29.4 Å². The number of aromatic nitrogens is 4. The molecule has 11 nitrogen and oxygen atoms in total. The van der Waals surface area contributed by atoms with E-state index < -0.39 is 0 Å². The van der Waals surface area contributed by atoms with Crippen molar-refractivity contribution in [1.29, 1.82) is 10.8 Å². The lowest BCUT2D eigenvalue weighted by Crippen LogP contribution is -2.48. The normalized spacial score (nSPS) is 14.1. The third kappa shape index (κ3) is 6.05. The number of aryl methyl sites for hydroxylation is 1. The molecular weight excluding hydrogens is 470 g/mol. The first-order valence-corrected chi connectivity index (χ1v) is 12.4. The molecule has 1 aliphatic heterocycles. The van der Waals surface area contributed by atoms with Gasteiger partial charge in [-0.15, -0.1) is 5.10 Å². The van der Waals surface area contributed by atoms with Gasteiger partial charge in [-0.1, -0.05) is 29.4 Å². The lowest BCUT2D eigenvalue weighted by atomic mass is 10.1. The van der Waals surface area contributed by atoms with Crippen molar-refractivity contribution < 1.29 is 4.79 Å². The molecule has 3 heterocycles. The Kier molecular flexibility index (Phi) is 8.02. The van der Waals surface area contributed by atoms with E-state index in [2.05, 4.69) is 26.3 Å². The Morgan fingerprint density at radius 3 is 2.49 bits per heavy atom. The van der Waals surface area contributed by atoms with E-state index in [1.807, 2.05) is 36.9 Å². The van der Waals surface area contributed by atoms with Crippen LogP contribution >= 0.6 is 0 Å². The van der Waals surface area contributed by atoms with E-state index in [0.29, 0.717) is 31.7 Å². The van der Waals surface area contributed by atoms with Gasteiger partial charge in [-0.2, -0.15) is 10.0 Å². The highest BCUT2D eigenvalue weighted by molar-refractivity contribution is 5.77. The second kappa shape index (κ2) is 11.4. The second-order valence-corrected chi connectivity index (χ2v) is 9.40. The van der Waals surface area contributed by atoms with Crippen molar-refractivity contribution in [2.75, 3.05) is 26.2 Å². The molecule has 4 rings (SSSR count). The predicted molar refractivity (Wildman–Crippen MR) is 140 cm³/mol. The number of piperazine rings is 1. The van der Waals surface area contributed by atoms with Gasteiger partial charge in [0, 0.05) is 44.8 Å². The molecule has 0 aliphatic carbocycles. The Morgan fingerprint density at radius 2 is 1.78 bits per heavy atom. The molecule has 2 aromatic heterocycles. The molecule has 1 amide bonds. The summed E-state index contributed by atoms with van der Waals surface area (Å²) in [5.41, 5.74) is 4.97. The standard InChI is InChI=1S/C26H33N9O2/c1-18-23(19(2)34(30-18)25-9-8-24(28)35(31-25)20(3)27)7-10-26(36)33-13-11-32(12-14-33)17-22-6-4-5-21(15-22)16-29-37/h4-6,8-9,15,27-28H,7,10-14,16-17H2,1-3H3. The maximum absolute atomic E-state index is 13.0. The Morgan fingerprint density at radius 1 is 1.05 bits per heavy atom. The van der Waals surface area contributed by atoms with Gasteiger partial charge in [-0.25, -0.2) is 9.36 Å². The maximum atomic E-state index is 13.0. The molecule has 1 fully saturated rings. The Bertz CT molecular complexity index is 1370. The number of amides is 1. The number of hydrogen-bond donors (Lipinski definition) is 2. The van der Waals surface area contributed by atoms with Crippen molar-refractivity contribution >= 4 is 11.7 Å². The van der Waals surface area contributed by atoms with Crippen LogP contribution in [-0.4, -0.2) is 67.3 Å². The monoisotopic (exact) mass is 503 g/mol. The van der Waals surface area contributed by atoms with Crippen LogP contribution in [0.2, 0.25) is 0 Å². The fourth-order valence-corrected chi connectivity index (χ4v) is 4.75. The number of rotatable bonds is 8. The van der Waals surface area contributed by atoms with Gasteiger partial charge in [0.25, 0.3) is 0 Å². The van der Waals surface area contributed by atoms with Crippen LogP contribution in [0.15, 0.2) is 41.6 Å². The van der Waals surface area contributed by atoms with Gasteiger partial charge in [0.05, 0.1) is 5.69 Å². The van der Waals surface area contributed by atoms with Crippen LogP contribution < -0.4 is 5.49 Å². The molecule has 0 unspecified atom stereocenters. The van der Waals surface area contributed by atoms with E-state index in [1.165, 1.54) is 4.68 Å². The smallest absolute Gasteiger partial charge is 0.222 e. The zero-order valence-electron chi connectivity index (χ0n) is 21.6. The summed E-state index contributed by atoms with van der Waals surface area (Å²) in [6, 6.07) is 11.2. The molecule has 0 bridgehead atoms. The van der Waals surface area contributed by atoms with Crippen LogP contribution in [0, 0.1) is 29.6 Å². The minimum atomic E-state index is 0.132. The van der Waals surface area contributed by atoms with Gasteiger partial charge in [-0.05, 0) is 56.0 Å². The molecule has 1 aliphatic rings. The Labute approximate surface area is 215 Å². The Hall–Kier alpha value is -3.99. The average molecular weight is 504 g/mol. The summed E-state index contributed by atoms with van der Waals surface area (Å²) < 4.78 is 2.97. The number of carbonyl (C=O) groups excluding carboxylic acids is 1. The van der Waals surface area contributed by atoms with Gasteiger partial charge in [0.2, 0.25) is 5.91 Å². The van der Waals surface area contributed by atoms with Crippen LogP contribution in [-0.2, 0) is 24.3 Å². The summed E-state index contributed by atoms with van der Waals surface area (Å²) in [6.07, 6.45) is 1.00. The number of hydrogen-bond acceptors (Lipinski definition) is 8. The van der Waals surface area contributed by atoms with Crippen molar-refractivity contribution in [3.8, 4) is 5.82 Å². The molecule has 1 aromatic carbocycles. The minimum absolute atomic E-state index is 0.132. The van der Waals surface area contributed by atoms with Crippen LogP contribution in [0.1, 0.15) is 41.4 Å². The lowest BCUT2D eigenvalue weighted by molar-refractivity contribution is -0.133. The predicted octanol–water partition coefficient (Wildman–Crippen LogP) is 2.55. The van der Waals surface area contributed by atoms with Crippen LogP contribution in [0.3, 0.4) is 0 Å².